The van der Waals surface area contributed by atoms with Gasteiger partial charge < -0.3 is 45.1 Å². The Kier molecular flexibility index (Phi) is 53.4. The minimum Gasteiger partial charge on any atom is -0.466 e. The van der Waals surface area contributed by atoms with Crippen molar-refractivity contribution in [3.63, 3.8) is 0 Å². The summed E-state index contributed by atoms with van der Waals surface area (Å²) < 4.78 is 16.7. The van der Waals surface area contributed by atoms with Gasteiger partial charge in [0.15, 0.2) is 6.29 Å². The molecule has 0 saturated carbocycles. The zero-order valence-electron chi connectivity index (χ0n) is 50.6. The predicted molar refractivity (Wildman–Crippen MR) is 329 cm³/mol. The van der Waals surface area contributed by atoms with Crippen molar-refractivity contribution in [2.45, 2.75) is 326 Å². The number of carbonyl (C=O) groups excluding carboxylic acids is 2. The molecule has 79 heavy (non-hydrogen) atoms. The van der Waals surface area contributed by atoms with Crippen LogP contribution in [0.2, 0.25) is 0 Å². The second kappa shape index (κ2) is 56.9. The Bertz CT molecular complexity index is 1540. The van der Waals surface area contributed by atoms with Gasteiger partial charge >= 0.3 is 5.97 Å². The van der Waals surface area contributed by atoms with Gasteiger partial charge in [0.05, 0.1) is 32.0 Å². The number of hydrogen-bond acceptors (Lipinski definition) is 10. The Labute approximate surface area is 483 Å². The van der Waals surface area contributed by atoms with Gasteiger partial charge in [-0.05, 0) is 103 Å². The second-order valence-corrected chi connectivity index (χ2v) is 22.4. The molecule has 1 amide bonds. The molecule has 1 aliphatic heterocycles. The van der Waals surface area contributed by atoms with E-state index in [-0.39, 0.29) is 18.5 Å². The minimum absolute atomic E-state index is 0.0132. The van der Waals surface area contributed by atoms with E-state index in [2.05, 4.69) is 79.9 Å². The van der Waals surface area contributed by atoms with E-state index in [9.17, 15) is 35.1 Å². The standard InChI is InChI=1S/C68H121NO10/c1-3-5-7-9-11-13-14-32-36-40-44-48-52-56-64(73)77-57-53-49-45-41-37-34-31-29-27-25-23-21-19-17-15-16-18-20-22-24-26-28-30-33-35-39-43-47-51-55-63(72)69-60(61(71)54-50-46-42-38-12-10-8-6-4-2)59-78-68-67(76)66(75)65(74)62(58-70)79-68/h7,9,12-15,17,21,23,38,50,54,60-62,65-68,70-71,74-76H,3-6,8,10-11,16,18-20,22,24-37,39-49,51-53,55-59H2,1-2H3,(H,69,72)/b9-7-,14-13-,17-15-,23-21-,38-12+,54-50+. The van der Waals surface area contributed by atoms with Crippen LogP contribution in [0.3, 0.4) is 0 Å². The molecule has 1 rings (SSSR count). The van der Waals surface area contributed by atoms with Crippen LogP contribution in [0.1, 0.15) is 284 Å². The number of esters is 1. The van der Waals surface area contributed by atoms with Crippen molar-refractivity contribution in [2.24, 2.45) is 0 Å². The first-order valence-electron chi connectivity index (χ1n) is 32.7. The van der Waals surface area contributed by atoms with E-state index in [0.717, 1.165) is 83.5 Å². The lowest BCUT2D eigenvalue weighted by Gasteiger charge is -2.40. The molecule has 6 N–H and O–H groups in total. The van der Waals surface area contributed by atoms with Crippen LogP contribution in [0.5, 0.6) is 0 Å². The lowest BCUT2D eigenvalue weighted by Crippen LogP contribution is -2.60. The van der Waals surface area contributed by atoms with Crippen LogP contribution < -0.4 is 5.32 Å². The fraction of sp³-hybridized carbons (Fsp3) is 0.794. The van der Waals surface area contributed by atoms with E-state index >= 15 is 0 Å². The maximum absolute atomic E-state index is 13.0. The van der Waals surface area contributed by atoms with Crippen molar-refractivity contribution in [3.8, 4) is 0 Å². The van der Waals surface area contributed by atoms with E-state index in [1.807, 2.05) is 6.08 Å². The third-order valence-electron chi connectivity index (χ3n) is 15.0. The monoisotopic (exact) mass is 1110 g/mol. The van der Waals surface area contributed by atoms with E-state index in [0.29, 0.717) is 19.4 Å². The largest absolute Gasteiger partial charge is 0.466 e. The summed E-state index contributed by atoms with van der Waals surface area (Å²) in [5.74, 6) is -0.210. The Morgan fingerprint density at radius 3 is 1.38 bits per heavy atom. The summed E-state index contributed by atoms with van der Waals surface area (Å²) in [5, 5.41) is 54.2. The number of amides is 1. The molecule has 0 aliphatic carbocycles. The molecule has 1 heterocycles. The SMILES string of the molecule is CCC/C=C\C/C=C\CCCCCCCC(=O)OCCCCCCCCCCC/C=C\C/C=C\CCCCCCCCCCCCCCCC(=O)NC(COC1OC(CO)C(O)C(O)C1O)C(O)/C=C/CC/C=C/CCCCC. The van der Waals surface area contributed by atoms with E-state index in [1.165, 1.54) is 173 Å². The molecule has 7 unspecified atom stereocenters. The van der Waals surface area contributed by atoms with Crippen LogP contribution in [-0.4, -0.2) is 100 Å². The minimum atomic E-state index is -1.58. The maximum Gasteiger partial charge on any atom is 0.305 e. The van der Waals surface area contributed by atoms with Crippen molar-refractivity contribution in [1.29, 1.82) is 0 Å². The van der Waals surface area contributed by atoms with Crippen LogP contribution in [0.25, 0.3) is 0 Å². The molecule has 1 aliphatic rings. The summed E-state index contributed by atoms with van der Waals surface area (Å²) in [6.45, 7) is 4.20. The van der Waals surface area contributed by atoms with Crippen LogP contribution in [0.15, 0.2) is 72.9 Å². The highest BCUT2D eigenvalue weighted by Crippen LogP contribution is 2.23. The third kappa shape index (κ3) is 46.3. The van der Waals surface area contributed by atoms with Gasteiger partial charge in [0.2, 0.25) is 5.91 Å². The number of carbonyl (C=O) groups is 2. The Morgan fingerprint density at radius 2 is 0.886 bits per heavy atom. The summed E-state index contributed by atoms with van der Waals surface area (Å²) in [4.78, 5) is 25.0. The van der Waals surface area contributed by atoms with Crippen molar-refractivity contribution in [1.82, 2.24) is 5.32 Å². The smallest absolute Gasteiger partial charge is 0.305 e. The second-order valence-electron chi connectivity index (χ2n) is 22.4. The molecule has 0 spiro atoms. The topological polar surface area (TPSA) is 175 Å². The van der Waals surface area contributed by atoms with E-state index in [1.54, 1.807) is 6.08 Å². The van der Waals surface area contributed by atoms with Crippen molar-refractivity contribution in [3.05, 3.63) is 72.9 Å². The highest BCUT2D eigenvalue weighted by Gasteiger charge is 2.44. The highest BCUT2D eigenvalue weighted by molar-refractivity contribution is 5.76. The van der Waals surface area contributed by atoms with Crippen LogP contribution >= 0.6 is 0 Å². The number of rotatable bonds is 56. The molecule has 11 nitrogen and oxygen atoms in total. The lowest BCUT2D eigenvalue weighted by molar-refractivity contribution is -0.302. The first kappa shape index (κ1) is 74.1. The summed E-state index contributed by atoms with van der Waals surface area (Å²) in [6.07, 6.45) is 66.1. The first-order chi connectivity index (χ1) is 38.7. The molecule has 0 bridgehead atoms. The van der Waals surface area contributed by atoms with Gasteiger partial charge in [-0.15, -0.1) is 0 Å². The number of aliphatic hydroxyl groups excluding tert-OH is 5. The normalized spacial score (nSPS) is 18.9. The van der Waals surface area contributed by atoms with Gasteiger partial charge in [-0.2, -0.15) is 0 Å². The molecule has 0 aromatic heterocycles. The third-order valence-corrected chi connectivity index (χ3v) is 15.0. The fourth-order valence-electron chi connectivity index (χ4n) is 9.81. The molecule has 11 heteroatoms. The molecular weight excluding hydrogens is 991 g/mol. The quantitative estimate of drug-likeness (QED) is 0.0195. The zero-order chi connectivity index (χ0) is 57.3. The van der Waals surface area contributed by atoms with Gasteiger partial charge in [0.1, 0.15) is 24.4 Å². The molecule has 7 atom stereocenters. The summed E-state index contributed by atoms with van der Waals surface area (Å²) in [7, 11) is 0. The van der Waals surface area contributed by atoms with Gasteiger partial charge in [0.25, 0.3) is 0 Å². The van der Waals surface area contributed by atoms with Gasteiger partial charge in [-0.25, -0.2) is 0 Å². The predicted octanol–water partition coefficient (Wildman–Crippen LogP) is 16.0. The summed E-state index contributed by atoms with van der Waals surface area (Å²) in [5.41, 5.74) is 0. The number of ether oxygens (including phenoxy) is 3. The number of allylic oxidation sites excluding steroid dienone is 11. The van der Waals surface area contributed by atoms with Crippen LogP contribution in [0.4, 0.5) is 0 Å². The van der Waals surface area contributed by atoms with Gasteiger partial charge in [0, 0.05) is 12.8 Å². The lowest BCUT2D eigenvalue weighted by atomic mass is 9.99. The Hall–Kier alpha value is -2.90. The van der Waals surface area contributed by atoms with Crippen molar-refractivity contribution >= 4 is 11.9 Å². The average molecular weight is 1110 g/mol. The number of hydrogen-bond donors (Lipinski definition) is 6. The molecule has 0 aromatic rings. The van der Waals surface area contributed by atoms with Crippen LogP contribution in [-0.2, 0) is 23.8 Å². The molecule has 1 fully saturated rings. The molecule has 458 valence electrons. The molecule has 0 aromatic carbocycles. The van der Waals surface area contributed by atoms with E-state index in [4.69, 9.17) is 14.2 Å². The number of aliphatic hydroxyl groups is 5. The number of unbranched alkanes of at least 4 members (excludes halogenated alkanes) is 32. The Balaban J connectivity index is 1.97. The first-order valence-corrected chi connectivity index (χ1v) is 32.7. The summed E-state index contributed by atoms with van der Waals surface area (Å²) in [6, 6.07) is -0.828. The van der Waals surface area contributed by atoms with Crippen molar-refractivity contribution < 1.29 is 49.3 Å². The average Bonchev–Trinajstić information content (AvgIpc) is 3.45. The fourth-order valence-corrected chi connectivity index (χ4v) is 9.81. The summed E-state index contributed by atoms with van der Waals surface area (Å²) >= 11 is 0. The molecular formula is C68H121NO10. The van der Waals surface area contributed by atoms with E-state index < -0.39 is 49.5 Å². The maximum atomic E-state index is 13.0. The van der Waals surface area contributed by atoms with Crippen LogP contribution in [0, 0.1) is 0 Å². The molecule has 0 radical (unpaired) electrons. The van der Waals surface area contributed by atoms with Gasteiger partial charge in [-0.1, -0.05) is 241 Å². The number of nitrogens with one attached hydrogen (secondary N) is 1. The van der Waals surface area contributed by atoms with Gasteiger partial charge in [-0.3, -0.25) is 9.59 Å². The zero-order valence-corrected chi connectivity index (χ0v) is 50.6. The Morgan fingerprint density at radius 1 is 0.468 bits per heavy atom. The molecule has 1 saturated heterocycles. The van der Waals surface area contributed by atoms with Crippen molar-refractivity contribution in [2.75, 3.05) is 19.8 Å². The highest BCUT2D eigenvalue weighted by atomic mass is 16.7.